The Morgan fingerprint density at radius 3 is 2.53 bits per heavy atom. The number of hydrogen-bond donors (Lipinski definition) is 1. The van der Waals surface area contributed by atoms with Crippen LogP contribution in [0.15, 0.2) is 24.3 Å². The summed E-state index contributed by atoms with van der Waals surface area (Å²) >= 11 is 5.02. The molecule has 0 aliphatic carbocycles. The van der Waals surface area contributed by atoms with Gasteiger partial charge in [-0.25, -0.2) is 0 Å². The summed E-state index contributed by atoms with van der Waals surface area (Å²) in [7, 11) is 0. The van der Waals surface area contributed by atoms with E-state index in [2.05, 4.69) is 13.8 Å². The highest BCUT2D eigenvalue weighted by molar-refractivity contribution is 7.80. The van der Waals surface area contributed by atoms with Crippen molar-refractivity contribution in [1.29, 1.82) is 0 Å². The van der Waals surface area contributed by atoms with E-state index in [1.807, 2.05) is 24.3 Å². The second kappa shape index (κ2) is 7.41. The van der Waals surface area contributed by atoms with Crippen LogP contribution in [0.2, 0.25) is 0 Å². The summed E-state index contributed by atoms with van der Waals surface area (Å²) in [5, 5.41) is 0. The molecule has 0 radical (unpaired) electrons. The molecule has 2 N–H and O–H groups in total. The van der Waals surface area contributed by atoms with Crippen molar-refractivity contribution in [2.75, 3.05) is 6.61 Å². The minimum Gasteiger partial charge on any atom is -0.389 e. The van der Waals surface area contributed by atoms with E-state index in [1.54, 1.807) is 0 Å². The first-order chi connectivity index (χ1) is 8.19. The number of benzene rings is 1. The van der Waals surface area contributed by atoms with Crippen molar-refractivity contribution in [3.05, 3.63) is 35.4 Å². The van der Waals surface area contributed by atoms with Crippen LogP contribution < -0.4 is 5.73 Å². The fourth-order valence-corrected chi connectivity index (χ4v) is 1.95. The molecule has 94 valence electrons. The van der Waals surface area contributed by atoms with Gasteiger partial charge in [0.1, 0.15) is 4.99 Å². The molecule has 3 heteroatoms. The van der Waals surface area contributed by atoms with Crippen molar-refractivity contribution in [3.63, 3.8) is 0 Å². The smallest absolute Gasteiger partial charge is 0.104 e. The van der Waals surface area contributed by atoms with Crippen LogP contribution in [0.25, 0.3) is 0 Å². The van der Waals surface area contributed by atoms with Crippen LogP contribution in [-0.2, 0) is 11.3 Å². The highest BCUT2D eigenvalue weighted by atomic mass is 32.1. The molecule has 2 nitrogen and oxygen atoms in total. The summed E-state index contributed by atoms with van der Waals surface area (Å²) in [6, 6.07) is 7.88. The maximum Gasteiger partial charge on any atom is 0.104 e. The highest BCUT2D eigenvalue weighted by Crippen LogP contribution is 2.13. The third-order valence-corrected chi connectivity index (χ3v) is 3.27. The summed E-state index contributed by atoms with van der Waals surface area (Å²) in [6.45, 7) is 5.78. The molecule has 17 heavy (non-hydrogen) atoms. The fourth-order valence-electron chi connectivity index (χ4n) is 1.75. The monoisotopic (exact) mass is 251 g/mol. The molecule has 0 unspecified atom stereocenters. The lowest BCUT2D eigenvalue weighted by Crippen LogP contribution is -2.14. The second-order valence-corrected chi connectivity index (χ2v) is 4.66. The Bertz CT molecular complexity index is 361. The summed E-state index contributed by atoms with van der Waals surface area (Å²) in [5.41, 5.74) is 7.67. The molecule has 0 saturated carbocycles. The van der Waals surface area contributed by atoms with Gasteiger partial charge in [0.05, 0.1) is 6.61 Å². The van der Waals surface area contributed by atoms with Gasteiger partial charge < -0.3 is 10.5 Å². The zero-order chi connectivity index (χ0) is 12.7. The second-order valence-electron chi connectivity index (χ2n) is 4.22. The maximum atomic E-state index is 5.74. The van der Waals surface area contributed by atoms with Gasteiger partial charge in [-0.3, -0.25) is 0 Å². The van der Waals surface area contributed by atoms with Gasteiger partial charge in [-0.2, -0.15) is 0 Å². The topological polar surface area (TPSA) is 35.2 Å². The molecular weight excluding hydrogens is 230 g/mol. The van der Waals surface area contributed by atoms with E-state index in [0.717, 1.165) is 30.6 Å². The number of hydrogen-bond acceptors (Lipinski definition) is 2. The predicted molar refractivity (Wildman–Crippen MR) is 76.1 cm³/mol. The van der Waals surface area contributed by atoms with Crippen molar-refractivity contribution in [2.24, 2.45) is 11.7 Å². The molecule has 0 aliphatic heterocycles. The molecule has 0 bridgehead atoms. The van der Waals surface area contributed by atoms with Gasteiger partial charge in [0.15, 0.2) is 0 Å². The van der Waals surface area contributed by atoms with Crippen molar-refractivity contribution in [2.45, 2.75) is 33.3 Å². The van der Waals surface area contributed by atoms with Crippen LogP contribution in [0.4, 0.5) is 0 Å². The minimum atomic E-state index is 0.437. The SMILES string of the molecule is CCC(CC)COCc1ccccc1C(N)=S. The minimum absolute atomic E-state index is 0.437. The number of thiocarbonyl (C=S) groups is 1. The zero-order valence-corrected chi connectivity index (χ0v) is 11.4. The van der Waals surface area contributed by atoms with Gasteiger partial charge in [-0.05, 0) is 11.5 Å². The Morgan fingerprint density at radius 2 is 1.94 bits per heavy atom. The van der Waals surface area contributed by atoms with Crippen LogP contribution in [0.5, 0.6) is 0 Å². The van der Waals surface area contributed by atoms with Gasteiger partial charge in [-0.15, -0.1) is 0 Å². The number of ether oxygens (including phenoxy) is 1. The lowest BCUT2D eigenvalue weighted by Gasteiger charge is -2.14. The first kappa shape index (κ1) is 14.1. The molecule has 0 heterocycles. The summed E-state index contributed by atoms with van der Waals surface area (Å²) in [6.07, 6.45) is 2.32. The highest BCUT2D eigenvalue weighted by Gasteiger charge is 2.06. The summed E-state index contributed by atoms with van der Waals surface area (Å²) in [4.78, 5) is 0.437. The molecule has 0 atom stereocenters. The van der Waals surface area contributed by atoms with Crippen LogP contribution in [0.3, 0.4) is 0 Å². The lowest BCUT2D eigenvalue weighted by atomic mass is 10.1. The zero-order valence-electron chi connectivity index (χ0n) is 10.6. The first-order valence-corrected chi connectivity index (χ1v) is 6.55. The lowest BCUT2D eigenvalue weighted by molar-refractivity contribution is 0.0843. The Hall–Kier alpha value is -0.930. The van der Waals surface area contributed by atoms with Gasteiger partial charge in [0.25, 0.3) is 0 Å². The Morgan fingerprint density at radius 1 is 1.29 bits per heavy atom. The van der Waals surface area contributed by atoms with Crippen molar-refractivity contribution in [3.8, 4) is 0 Å². The molecule has 1 aromatic carbocycles. The van der Waals surface area contributed by atoms with Crippen LogP contribution in [0, 0.1) is 5.92 Å². The largest absolute Gasteiger partial charge is 0.389 e. The molecule has 0 aliphatic rings. The van der Waals surface area contributed by atoms with Crippen molar-refractivity contribution >= 4 is 17.2 Å². The molecule has 1 aromatic rings. The number of nitrogens with two attached hydrogens (primary N) is 1. The Balaban J connectivity index is 2.54. The standard InChI is InChI=1S/C14H21NOS/c1-3-11(4-2)9-16-10-12-7-5-6-8-13(12)14(15)17/h5-8,11H,3-4,9-10H2,1-2H3,(H2,15,17). The molecule has 1 rings (SSSR count). The molecular formula is C14H21NOS. The molecule has 0 fully saturated rings. The maximum absolute atomic E-state index is 5.74. The summed E-state index contributed by atoms with van der Waals surface area (Å²) in [5.74, 6) is 0.645. The fraction of sp³-hybridized carbons (Fsp3) is 0.500. The van der Waals surface area contributed by atoms with Crippen LogP contribution in [-0.4, -0.2) is 11.6 Å². The van der Waals surface area contributed by atoms with Gasteiger partial charge in [0.2, 0.25) is 0 Å². The Kier molecular flexibility index (Phi) is 6.16. The van der Waals surface area contributed by atoms with Gasteiger partial charge in [-0.1, -0.05) is 63.2 Å². The molecule has 0 aromatic heterocycles. The van der Waals surface area contributed by atoms with E-state index >= 15 is 0 Å². The summed E-state index contributed by atoms with van der Waals surface area (Å²) < 4.78 is 5.74. The number of rotatable bonds is 7. The van der Waals surface area contributed by atoms with Crippen molar-refractivity contribution in [1.82, 2.24) is 0 Å². The third kappa shape index (κ3) is 4.44. The van der Waals surface area contributed by atoms with E-state index < -0.39 is 0 Å². The molecule has 0 spiro atoms. The van der Waals surface area contributed by atoms with E-state index in [4.69, 9.17) is 22.7 Å². The van der Waals surface area contributed by atoms with Crippen LogP contribution in [0.1, 0.15) is 37.8 Å². The van der Waals surface area contributed by atoms with Crippen LogP contribution >= 0.6 is 12.2 Å². The Labute approximate surface area is 109 Å². The third-order valence-electron chi connectivity index (χ3n) is 3.05. The van der Waals surface area contributed by atoms with E-state index in [-0.39, 0.29) is 0 Å². The van der Waals surface area contributed by atoms with E-state index in [1.165, 1.54) is 0 Å². The van der Waals surface area contributed by atoms with E-state index in [0.29, 0.717) is 17.5 Å². The van der Waals surface area contributed by atoms with Gasteiger partial charge in [0, 0.05) is 12.2 Å². The molecule has 0 saturated heterocycles. The van der Waals surface area contributed by atoms with Gasteiger partial charge >= 0.3 is 0 Å². The average Bonchev–Trinajstić information content (AvgIpc) is 2.35. The predicted octanol–water partition coefficient (Wildman–Crippen LogP) is 3.27. The molecule has 0 amide bonds. The quantitative estimate of drug-likeness (QED) is 0.755. The van der Waals surface area contributed by atoms with Crippen molar-refractivity contribution < 1.29 is 4.74 Å². The average molecular weight is 251 g/mol. The first-order valence-electron chi connectivity index (χ1n) is 6.14. The van der Waals surface area contributed by atoms with E-state index in [9.17, 15) is 0 Å². The normalized spacial score (nSPS) is 10.8.